The quantitative estimate of drug-likeness (QED) is 0.853. The Morgan fingerprint density at radius 1 is 1.22 bits per heavy atom. The van der Waals surface area contributed by atoms with Crippen molar-refractivity contribution < 1.29 is 4.79 Å². The summed E-state index contributed by atoms with van der Waals surface area (Å²) in [5.74, 6) is 0.671. The Kier molecular flexibility index (Phi) is 3.19. The second-order valence-corrected chi connectivity index (χ2v) is 6.60. The maximum Gasteiger partial charge on any atom is 0.254 e. The minimum atomic E-state index is -0.495. The summed E-state index contributed by atoms with van der Waals surface area (Å²) in [6, 6.07) is 7.97. The number of hydrogen-bond acceptors (Lipinski definition) is 5. The number of hydrogen-bond donors (Lipinski definition) is 1. The number of nitrogens with one attached hydrogen (secondary N) is 1. The van der Waals surface area contributed by atoms with Crippen LogP contribution in [0, 0.1) is 0 Å². The second kappa shape index (κ2) is 5.13. The fraction of sp³-hybridized carbons (Fsp3) is 0.500. The predicted octanol–water partition coefficient (Wildman–Crippen LogP) is 1.11. The molecule has 1 spiro atoms. The van der Waals surface area contributed by atoms with Crippen molar-refractivity contribution in [2.75, 3.05) is 13.1 Å². The van der Waals surface area contributed by atoms with Crippen molar-refractivity contribution in [3.8, 4) is 5.69 Å². The molecule has 1 fully saturated rings. The van der Waals surface area contributed by atoms with E-state index < -0.39 is 5.54 Å². The topological polar surface area (TPSA) is 75.9 Å². The van der Waals surface area contributed by atoms with Crippen LogP contribution in [0.4, 0.5) is 0 Å². The van der Waals surface area contributed by atoms with E-state index in [4.69, 9.17) is 0 Å². The lowest BCUT2D eigenvalue weighted by Gasteiger charge is -2.41. The number of carbonyl (C=O) groups is 1. The molecular weight excluding hydrogens is 292 g/mol. The van der Waals surface area contributed by atoms with E-state index in [0.717, 1.165) is 37.4 Å². The van der Waals surface area contributed by atoms with Crippen molar-refractivity contribution in [2.45, 2.75) is 38.3 Å². The van der Waals surface area contributed by atoms with Crippen molar-refractivity contribution in [2.24, 2.45) is 0 Å². The molecule has 2 aliphatic heterocycles. The van der Waals surface area contributed by atoms with Gasteiger partial charge in [-0.1, -0.05) is 12.1 Å². The Morgan fingerprint density at radius 3 is 2.70 bits per heavy atom. The number of tetrazole rings is 1. The summed E-state index contributed by atoms with van der Waals surface area (Å²) in [6.07, 6.45) is 1.62. The molecule has 23 heavy (non-hydrogen) atoms. The number of benzene rings is 1. The summed E-state index contributed by atoms with van der Waals surface area (Å²) in [4.78, 5) is 15.2. The van der Waals surface area contributed by atoms with E-state index >= 15 is 0 Å². The van der Waals surface area contributed by atoms with Gasteiger partial charge >= 0.3 is 0 Å². The van der Waals surface area contributed by atoms with Gasteiger partial charge in [-0.15, -0.1) is 5.10 Å². The van der Waals surface area contributed by atoms with Gasteiger partial charge in [-0.3, -0.25) is 4.79 Å². The van der Waals surface area contributed by atoms with E-state index in [9.17, 15) is 4.79 Å². The van der Waals surface area contributed by atoms with E-state index in [2.05, 4.69) is 39.6 Å². The standard InChI is InChI=1S/C16H20N6O/c1-11(2)21-9-7-16(8-10-21)15-18-19-20-22(15)13-6-4-3-5-12(13)14(23)17-16/h3-6,11H,7-10H2,1-2H3,(H,17,23). The summed E-state index contributed by atoms with van der Waals surface area (Å²) < 4.78 is 1.72. The molecule has 1 aromatic heterocycles. The average Bonchev–Trinajstić information content (AvgIpc) is 3.02. The lowest BCUT2D eigenvalue weighted by atomic mass is 9.86. The fourth-order valence-electron chi connectivity index (χ4n) is 3.61. The second-order valence-electron chi connectivity index (χ2n) is 6.60. The molecule has 1 amide bonds. The van der Waals surface area contributed by atoms with E-state index in [1.165, 1.54) is 0 Å². The zero-order valence-electron chi connectivity index (χ0n) is 13.4. The Bertz CT molecular complexity index is 745. The van der Waals surface area contributed by atoms with E-state index in [1.807, 2.05) is 24.3 Å². The Morgan fingerprint density at radius 2 is 1.96 bits per heavy atom. The summed E-state index contributed by atoms with van der Waals surface area (Å²) in [6.45, 7) is 6.23. The molecule has 7 heteroatoms. The monoisotopic (exact) mass is 312 g/mol. The van der Waals surface area contributed by atoms with Crippen LogP contribution in [-0.2, 0) is 5.54 Å². The zero-order chi connectivity index (χ0) is 16.0. The maximum atomic E-state index is 12.7. The molecule has 0 atom stereocenters. The minimum Gasteiger partial charge on any atom is -0.339 e. The first-order valence-electron chi connectivity index (χ1n) is 8.05. The third-order valence-corrected chi connectivity index (χ3v) is 5.01. The van der Waals surface area contributed by atoms with Gasteiger partial charge in [0, 0.05) is 19.1 Å². The lowest BCUT2D eigenvalue weighted by Crippen LogP contribution is -2.54. The molecule has 4 rings (SSSR count). The highest BCUT2D eigenvalue weighted by atomic mass is 16.2. The van der Waals surface area contributed by atoms with Gasteiger partial charge in [0.1, 0.15) is 5.54 Å². The molecule has 0 aliphatic carbocycles. The van der Waals surface area contributed by atoms with Crippen LogP contribution in [0.3, 0.4) is 0 Å². The normalized spacial score (nSPS) is 20.0. The largest absolute Gasteiger partial charge is 0.339 e. The highest BCUT2D eigenvalue weighted by Gasteiger charge is 2.45. The molecule has 7 nitrogen and oxygen atoms in total. The molecule has 0 radical (unpaired) electrons. The number of nitrogens with zero attached hydrogens (tertiary/aromatic N) is 5. The number of amides is 1. The molecular formula is C16H20N6O. The van der Waals surface area contributed by atoms with Gasteiger partial charge in [0.05, 0.1) is 11.3 Å². The van der Waals surface area contributed by atoms with Crippen LogP contribution in [0.5, 0.6) is 0 Å². The molecule has 1 saturated heterocycles. The summed E-state index contributed by atoms with van der Waals surface area (Å²) in [5, 5.41) is 15.5. The highest BCUT2D eigenvalue weighted by Crippen LogP contribution is 2.36. The Hall–Kier alpha value is -2.28. The Balaban J connectivity index is 1.79. The summed E-state index contributed by atoms with van der Waals surface area (Å²) in [5.41, 5.74) is 0.864. The number of aromatic nitrogens is 4. The van der Waals surface area contributed by atoms with Crippen molar-refractivity contribution in [3.05, 3.63) is 35.7 Å². The predicted molar refractivity (Wildman–Crippen MR) is 84.2 cm³/mol. The van der Waals surface area contributed by atoms with E-state index in [-0.39, 0.29) is 5.91 Å². The van der Waals surface area contributed by atoms with Crippen LogP contribution >= 0.6 is 0 Å². The molecule has 1 N–H and O–H groups in total. The molecule has 0 unspecified atom stereocenters. The first kappa shape index (κ1) is 14.3. The zero-order valence-corrected chi connectivity index (χ0v) is 13.4. The van der Waals surface area contributed by atoms with Crippen LogP contribution in [0.1, 0.15) is 42.9 Å². The minimum absolute atomic E-state index is 0.0640. The average molecular weight is 312 g/mol. The van der Waals surface area contributed by atoms with Crippen molar-refractivity contribution in [1.82, 2.24) is 30.4 Å². The molecule has 2 aliphatic rings. The third kappa shape index (κ3) is 2.15. The van der Waals surface area contributed by atoms with Crippen LogP contribution in [0.25, 0.3) is 5.69 Å². The van der Waals surface area contributed by atoms with E-state index in [1.54, 1.807) is 4.68 Å². The number of likely N-dealkylation sites (tertiary alicyclic amines) is 1. The van der Waals surface area contributed by atoms with Crippen molar-refractivity contribution >= 4 is 5.91 Å². The van der Waals surface area contributed by atoms with Crippen molar-refractivity contribution in [1.29, 1.82) is 0 Å². The van der Waals surface area contributed by atoms with Crippen LogP contribution in [0.15, 0.2) is 24.3 Å². The van der Waals surface area contributed by atoms with Gasteiger partial charge < -0.3 is 10.2 Å². The van der Waals surface area contributed by atoms with Gasteiger partial charge in [-0.2, -0.15) is 4.68 Å². The molecule has 2 aromatic rings. The summed E-state index contributed by atoms with van der Waals surface area (Å²) in [7, 11) is 0. The third-order valence-electron chi connectivity index (χ3n) is 5.01. The van der Waals surface area contributed by atoms with Gasteiger partial charge in [0.2, 0.25) is 0 Å². The highest BCUT2D eigenvalue weighted by molar-refractivity contribution is 5.98. The fourth-order valence-corrected chi connectivity index (χ4v) is 3.61. The number of rotatable bonds is 1. The SMILES string of the molecule is CC(C)N1CCC2(CC1)NC(=O)c1ccccc1-n1nnnc12. The number of fused-ring (bicyclic) bond motifs is 4. The maximum absolute atomic E-state index is 12.7. The van der Waals surface area contributed by atoms with Gasteiger partial charge in [0.25, 0.3) is 5.91 Å². The van der Waals surface area contributed by atoms with Crippen molar-refractivity contribution in [3.63, 3.8) is 0 Å². The van der Waals surface area contributed by atoms with Crippen LogP contribution in [-0.4, -0.2) is 50.1 Å². The lowest BCUT2D eigenvalue weighted by molar-refractivity contribution is 0.0747. The van der Waals surface area contributed by atoms with Crippen LogP contribution in [0.2, 0.25) is 0 Å². The van der Waals surface area contributed by atoms with Gasteiger partial charge in [-0.25, -0.2) is 0 Å². The molecule has 0 bridgehead atoms. The number of para-hydroxylation sites is 1. The molecule has 120 valence electrons. The first-order chi connectivity index (χ1) is 11.1. The van der Waals surface area contributed by atoms with Gasteiger partial charge in [0.15, 0.2) is 5.82 Å². The van der Waals surface area contributed by atoms with Crippen LogP contribution < -0.4 is 5.32 Å². The Labute approximate surface area is 134 Å². The molecule has 3 heterocycles. The van der Waals surface area contributed by atoms with E-state index in [0.29, 0.717) is 11.6 Å². The number of piperidine rings is 1. The summed E-state index contributed by atoms with van der Waals surface area (Å²) >= 11 is 0. The number of carbonyl (C=O) groups excluding carboxylic acids is 1. The first-order valence-corrected chi connectivity index (χ1v) is 8.05. The smallest absolute Gasteiger partial charge is 0.254 e. The molecule has 1 aromatic carbocycles. The molecule has 0 saturated carbocycles. The van der Waals surface area contributed by atoms with Gasteiger partial charge in [-0.05, 0) is 49.2 Å².